The summed E-state index contributed by atoms with van der Waals surface area (Å²) in [6, 6.07) is 14.6. The van der Waals surface area contributed by atoms with E-state index in [4.69, 9.17) is 11.6 Å². The van der Waals surface area contributed by atoms with E-state index in [1.54, 1.807) is 31.3 Å². The Morgan fingerprint density at radius 2 is 1.58 bits per heavy atom. The van der Waals surface area contributed by atoms with Crippen LogP contribution in [0.25, 0.3) is 0 Å². The zero-order valence-electron chi connectivity index (χ0n) is 14.7. The zero-order valence-corrected chi connectivity index (χ0v) is 18.6. The summed E-state index contributed by atoms with van der Waals surface area (Å²) in [6.07, 6.45) is 2.06. The van der Waals surface area contributed by atoms with Crippen molar-refractivity contribution < 1.29 is 8.42 Å². The first-order valence-electron chi connectivity index (χ1n) is 7.86. The van der Waals surface area contributed by atoms with Crippen molar-refractivity contribution in [1.82, 2.24) is 10.6 Å². The van der Waals surface area contributed by atoms with Crippen molar-refractivity contribution in [3.8, 4) is 0 Å². The second-order valence-electron chi connectivity index (χ2n) is 5.65. The van der Waals surface area contributed by atoms with Gasteiger partial charge in [0.1, 0.15) is 0 Å². The van der Waals surface area contributed by atoms with Gasteiger partial charge in [-0.3, -0.25) is 4.99 Å². The van der Waals surface area contributed by atoms with Gasteiger partial charge in [-0.2, -0.15) is 0 Å². The van der Waals surface area contributed by atoms with Gasteiger partial charge in [-0.05, 0) is 41.8 Å². The molecule has 0 aliphatic heterocycles. The molecule has 0 amide bonds. The first-order valence-corrected chi connectivity index (χ1v) is 10.1. The van der Waals surface area contributed by atoms with Gasteiger partial charge in [-0.25, -0.2) is 8.42 Å². The van der Waals surface area contributed by atoms with Gasteiger partial charge in [-0.1, -0.05) is 35.9 Å². The minimum Gasteiger partial charge on any atom is -0.356 e. The molecule has 2 aromatic carbocycles. The molecule has 0 saturated carbocycles. The summed E-state index contributed by atoms with van der Waals surface area (Å²) >= 11 is 5.87. The van der Waals surface area contributed by atoms with Crippen molar-refractivity contribution in [3.63, 3.8) is 0 Å². The third-order valence-corrected chi connectivity index (χ3v) is 5.03. The predicted molar refractivity (Wildman–Crippen MR) is 118 cm³/mol. The van der Waals surface area contributed by atoms with Gasteiger partial charge in [0.2, 0.25) is 0 Å². The molecular weight excluding hydrogens is 485 g/mol. The molecule has 26 heavy (non-hydrogen) atoms. The SMILES string of the molecule is CN=C(NCCc1ccc(Cl)cc1)NCc1ccc(S(C)(=O)=O)cc1.I. The third kappa shape index (κ3) is 7.51. The number of sulfone groups is 1. The number of halogens is 2. The molecule has 2 aromatic rings. The Bertz CT molecular complexity index is 823. The van der Waals surface area contributed by atoms with E-state index < -0.39 is 9.84 Å². The van der Waals surface area contributed by atoms with E-state index in [-0.39, 0.29) is 24.0 Å². The Kier molecular flexibility index (Phi) is 9.38. The van der Waals surface area contributed by atoms with Gasteiger partial charge in [0.15, 0.2) is 15.8 Å². The fourth-order valence-corrected chi connectivity index (χ4v) is 2.99. The van der Waals surface area contributed by atoms with E-state index in [0.29, 0.717) is 17.4 Å². The minimum atomic E-state index is -3.16. The van der Waals surface area contributed by atoms with Gasteiger partial charge >= 0.3 is 0 Å². The number of guanidine groups is 1. The lowest BCUT2D eigenvalue weighted by atomic mass is 10.1. The Morgan fingerprint density at radius 1 is 1.00 bits per heavy atom. The third-order valence-electron chi connectivity index (χ3n) is 3.65. The smallest absolute Gasteiger partial charge is 0.191 e. The van der Waals surface area contributed by atoms with E-state index in [0.717, 1.165) is 23.6 Å². The molecule has 0 unspecified atom stereocenters. The van der Waals surface area contributed by atoms with Crippen LogP contribution in [0.1, 0.15) is 11.1 Å². The molecule has 0 atom stereocenters. The van der Waals surface area contributed by atoms with Crippen molar-refractivity contribution in [2.75, 3.05) is 19.8 Å². The lowest BCUT2D eigenvalue weighted by Gasteiger charge is -2.12. The van der Waals surface area contributed by atoms with Crippen LogP contribution in [0.4, 0.5) is 0 Å². The Morgan fingerprint density at radius 3 is 2.12 bits per heavy atom. The maximum absolute atomic E-state index is 11.5. The second kappa shape index (κ2) is 10.7. The molecule has 8 heteroatoms. The molecular formula is C18H23ClIN3O2S. The zero-order chi connectivity index (χ0) is 18.3. The number of aliphatic imine (C=N–C) groups is 1. The molecule has 0 spiro atoms. The number of nitrogens with one attached hydrogen (secondary N) is 2. The maximum atomic E-state index is 11.5. The highest BCUT2D eigenvalue weighted by atomic mass is 127. The van der Waals surface area contributed by atoms with Gasteiger partial charge in [0, 0.05) is 31.4 Å². The maximum Gasteiger partial charge on any atom is 0.191 e. The summed E-state index contributed by atoms with van der Waals surface area (Å²) in [4.78, 5) is 4.50. The lowest BCUT2D eigenvalue weighted by molar-refractivity contribution is 0.602. The fourth-order valence-electron chi connectivity index (χ4n) is 2.24. The number of hydrogen-bond donors (Lipinski definition) is 2. The summed E-state index contributed by atoms with van der Waals surface area (Å²) in [5.41, 5.74) is 2.18. The molecule has 0 aliphatic carbocycles. The van der Waals surface area contributed by atoms with E-state index in [9.17, 15) is 8.42 Å². The van der Waals surface area contributed by atoms with Crippen LogP contribution in [0.2, 0.25) is 5.02 Å². The molecule has 0 bridgehead atoms. The number of hydrogen-bond acceptors (Lipinski definition) is 3. The molecule has 0 aliphatic rings. The van der Waals surface area contributed by atoms with Gasteiger partial charge in [0.05, 0.1) is 4.90 Å². The van der Waals surface area contributed by atoms with Crippen LogP contribution in [0, 0.1) is 0 Å². The van der Waals surface area contributed by atoms with Gasteiger partial charge < -0.3 is 10.6 Å². The Hall–Kier alpha value is -1.32. The summed E-state index contributed by atoms with van der Waals surface area (Å²) in [5, 5.41) is 7.19. The van der Waals surface area contributed by atoms with Crippen LogP contribution >= 0.6 is 35.6 Å². The van der Waals surface area contributed by atoms with Gasteiger partial charge in [0.25, 0.3) is 0 Å². The van der Waals surface area contributed by atoms with Crippen molar-refractivity contribution in [2.24, 2.45) is 4.99 Å². The van der Waals surface area contributed by atoms with Crippen molar-refractivity contribution in [3.05, 3.63) is 64.7 Å². The quantitative estimate of drug-likeness (QED) is 0.358. The lowest BCUT2D eigenvalue weighted by Crippen LogP contribution is -2.37. The highest BCUT2D eigenvalue weighted by Crippen LogP contribution is 2.10. The topological polar surface area (TPSA) is 70.6 Å². The van der Waals surface area contributed by atoms with Crippen molar-refractivity contribution in [2.45, 2.75) is 17.9 Å². The van der Waals surface area contributed by atoms with E-state index in [1.165, 1.54) is 11.8 Å². The van der Waals surface area contributed by atoms with E-state index in [1.807, 2.05) is 24.3 Å². The molecule has 0 aromatic heterocycles. The Labute approximate surface area is 177 Å². The molecule has 0 fully saturated rings. The van der Waals surface area contributed by atoms with Gasteiger partial charge in [-0.15, -0.1) is 24.0 Å². The molecule has 0 heterocycles. The molecule has 0 saturated heterocycles. The monoisotopic (exact) mass is 507 g/mol. The average molecular weight is 508 g/mol. The minimum absolute atomic E-state index is 0. The highest BCUT2D eigenvalue weighted by molar-refractivity contribution is 14.0. The summed E-state index contributed by atoms with van der Waals surface area (Å²) < 4.78 is 22.9. The first-order chi connectivity index (χ1) is 11.9. The van der Waals surface area contributed by atoms with Crippen molar-refractivity contribution in [1.29, 1.82) is 0 Å². The highest BCUT2D eigenvalue weighted by Gasteiger charge is 2.06. The van der Waals surface area contributed by atoms with E-state index >= 15 is 0 Å². The van der Waals surface area contributed by atoms with Crippen LogP contribution in [-0.4, -0.2) is 34.2 Å². The number of nitrogens with zero attached hydrogens (tertiary/aromatic N) is 1. The second-order valence-corrected chi connectivity index (χ2v) is 8.10. The van der Waals surface area contributed by atoms with Crippen LogP contribution in [0.15, 0.2) is 58.4 Å². The van der Waals surface area contributed by atoms with Crippen LogP contribution in [0.5, 0.6) is 0 Å². The normalized spacial score (nSPS) is 11.6. The molecule has 0 radical (unpaired) electrons. The molecule has 5 nitrogen and oxygen atoms in total. The average Bonchev–Trinajstić information content (AvgIpc) is 2.59. The molecule has 2 N–H and O–H groups in total. The predicted octanol–water partition coefficient (Wildman–Crippen LogP) is 3.27. The fraction of sp³-hybridized carbons (Fsp3) is 0.278. The summed E-state index contributed by atoms with van der Waals surface area (Å²) in [7, 11) is -1.45. The molecule has 142 valence electrons. The van der Waals surface area contributed by atoms with Crippen LogP contribution < -0.4 is 10.6 Å². The van der Waals surface area contributed by atoms with Crippen LogP contribution in [0.3, 0.4) is 0 Å². The van der Waals surface area contributed by atoms with E-state index in [2.05, 4.69) is 15.6 Å². The summed E-state index contributed by atoms with van der Waals surface area (Å²) in [5.74, 6) is 0.696. The first kappa shape index (κ1) is 22.7. The largest absolute Gasteiger partial charge is 0.356 e. The standard InChI is InChI=1S/C18H22ClN3O2S.HI/c1-20-18(21-12-11-14-3-7-16(19)8-4-14)22-13-15-5-9-17(10-6-15)25(2,23)24;/h3-10H,11-13H2,1-2H3,(H2,20,21,22);1H. The van der Waals surface area contributed by atoms with Crippen LogP contribution in [-0.2, 0) is 22.8 Å². The van der Waals surface area contributed by atoms with Crippen molar-refractivity contribution >= 4 is 51.4 Å². The number of rotatable bonds is 6. The molecule has 2 rings (SSSR count). The Balaban J connectivity index is 0.00000338. The number of benzene rings is 2. The summed E-state index contributed by atoms with van der Waals surface area (Å²) in [6.45, 7) is 1.30.